The third kappa shape index (κ3) is 2.87. The molecule has 0 unspecified atom stereocenters. The smallest absolute Gasteiger partial charge is 0.174 e. The van der Waals surface area contributed by atoms with Gasteiger partial charge < -0.3 is 4.74 Å². The summed E-state index contributed by atoms with van der Waals surface area (Å²) in [6.07, 6.45) is 9.11. The highest BCUT2D eigenvalue weighted by Gasteiger charge is 2.57. The predicted molar refractivity (Wildman–Crippen MR) is 87.9 cm³/mol. The lowest BCUT2D eigenvalue weighted by Gasteiger charge is -2.57. The van der Waals surface area contributed by atoms with E-state index in [1.165, 1.54) is 32.1 Å². The Bertz CT molecular complexity index is 473. The second-order valence-corrected chi connectivity index (χ2v) is 8.33. The average molecular weight is 328 g/mol. The molecule has 0 saturated heterocycles. The van der Waals surface area contributed by atoms with Crippen LogP contribution < -0.4 is 0 Å². The van der Waals surface area contributed by atoms with E-state index < -0.39 is 0 Å². The summed E-state index contributed by atoms with van der Waals surface area (Å²) in [5.41, 5.74) is 0.414. The summed E-state index contributed by atoms with van der Waals surface area (Å²) in [6.45, 7) is 3.88. The molecule has 3 rings (SSSR count). The Morgan fingerprint density at radius 1 is 1.38 bits per heavy atom. The monoisotopic (exact) mass is 327 g/mol. The first-order chi connectivity index (χ1) is 10.2. The van der Waals surface area contributed by atoms with Crippen molar-refractivity contribution >= 4 is 23.1 Å². The van der Waals surface area contributed by atoms with Gasteiger partial charge in [-0.3, -0.25) is 4.90 Å². The van der Waals surface area contributed by atoms with E-state index in [2.05, 4.69) is 35.3 Å². The molecule has 1 heterocycles. The first-order valence-electron chi connectivity index (χ1n) is 7.88. The summed E-state index contributed by atoms with van der Waals surface area (Å²) in [5.74, 6) is 0. The van der Waals surface area contributed by atoms with Crippen molar-refractivity contribution in [1.29, 1.82) is 0 Å². The summed E-state index contributed by atoms with van der Waals surface area (Å²) < 4.78 is 7.08. The summed E-state index contributed by atoms with van der Waals surface area (Å²) >= 11 is 3.40. The van der Waals surface area contributed by atoms with Gasteiger partial charge in [0.15, 0.2) is 4.34 Å². The Morgan fingerprint density at radius 3 is 2.76 bits per heavy atom. The van der Waals surface area contributed by atoms with Crippen molar-refractivity contribution in [2.75, 3.05) is 19.9 Å². The minimum Gasteiger partial charge on any atom is -0.378 e. The van der Waals surface area contributed by atoms with E-state index in [9.17, 15) is 0 Å². The van der Waals surface area contributed by atoms with E-state index in [1.807, 2.05) is 0 Å². The normalized spacial score (nSPS) is 27.4. The molecule has 21 heavy (non-hydrogen) atoms. The highest BCUT2D eigenvalue weighted by molar-refractivity contribution is 8.00. The predicted octanol–water partition coefficient (Wildman–Crippen LogP) is 3.43. The molecule has 1 aromatic rings. The summed E-state index contributed by atoms with van der Waals surface area (Å²) in [6, 6.07) is 0.651. The van der Waals surface area contributed by atoms with Crippen LogP contribution in [-0.4, -0.2) is 47.2 Å². The van der Waals surface area contributed by atoms with Gasteiger partial charge in [0.05, 0.1) is 12.6 Å². The Morgan fingerprint density at radius 2 is 2.14 bits per heavy atom. The number of thioether (sulfide) groups is 1. The second kappa shape index (κ2) is 6.52. The fourth-order valence-electron chi connectivity index (χ4n) is 4.18. The zero-order valence-electron chi connectivity index (χ0n) is 13.2. The molecule has 1 aromatic heterocycles. The van der Waals surface area contributed by atoms with Gasteiger partial charge in [-0.2, -0.15) is 0 Å². The lowest BCUT2D eigenvalue weighted by molar-refractivity contribution is -0.162. The molecule has 0 N–H and O–H groups in total. The minimum absolute atomic E-state index is 0.414. The van der Waals surface area contributed by atoms with Gasteiger partial charge in [0, 0.05) is 18.1 Å². The van der Waals surface area contributed by atoms with Crippen LogP contribution in [0.1, 0.15) is 44.0 Å². The molecule has 118 valence electrons. The molecule has 2 aliphatic rings. The topological polar surface area (TPSA) is 38.2 Å². The Labute approximate surface area is 135 Å². The van der Waals surface area contributed by atoms with E-state index in [0.29, 0.717) is 17.6 Å². The second-order valence-electron chi connectivity index (χ2n) is 6.22. The molecule has 4 nitrogen and oxygen atoms in total. The standard InChI is InChI=1S/C15H25N3OS2/c1-4-19-12-9-11(15(12)7-5-6-8-15)18(2)10-13-16-17-14(20-3)21-13/h11-12H,4-10H2,1-3H3/t11-,12+/m1/s1. The van der Waals surface area contributed by atoms with Crippen LogP contribution in [0.15, 0.2) is 4.34 Å². The number of nitrogens with zero attached hydrogens (tertiary/aromatic N) is 3. The lowest BCUT2D eigenvalue weighted by Crippen LogP contribution is -2.62. The largest absolute Gasteiger partial charge is 0.378 e. The van der Waals surface area contributed by atoms with Gasteiger partial charge in [0.25, 0.3) is 0 Å². The zero-order valence-corrected chi connectivity index (χ0v) is 14.8. The highest BCUT2D eigenvalue weighted by atomic mass is 32.2. The minimum atomic E-state index is 0.414. The van der Waals surface area contributed by atoms with Crippen molar-refractivity contribution in [3.8, 4) is 0 Å². The van der Waals surface area contributed by atoms with Crippen LogP contribution in [0.5, 0.6) is 0 Å². The fourth-order valence-corrected chi connectivity index (χ4v) is 5.55. The molecule has 2 saturated carbocycles. The third-order valence-corrected chi connectivity index (χ3v) is 7.07. The van der Waals surface area contributed by atoms with Crippen LogP contribution >= 0.6 is 23.1 Å². The van der Waals surface area contributed by atoms with E-state index in [0.717, 1.165) is 22.5 Å². The molecule has 0 radical (unpaired) electrons. The number of hydrogen-bond acceptors (Lipinski definition) is 6. The molecule has 6 heteroatoms. The van der Waals surface area contributed by atoms with E-state index in [1.54, 1.807) is 23.1 Å². The van der Waals surface area contributed by atoms with Gasteiger partial charge in [0.1, 0.15) is 5.01 Å². The lowest BCUT2D eigenvalue weighted by atomic mass is 9.60. The molecule has 2 fully saturated rings. The molecule has 0 amide bonds. The number of hydrogen-bond donors (Lipinski definition) is 0. The maximum absolute atomic E-state index is 6.01. The summed E-state index contributed by atoms with van der Waals surface area (Å²) in [7, 11) is 2.24. The molecule has 1 spiro atoms. The fraction of sp³-hybridized carbons (Fsp3) is 0.867. The Kier molecular flexibility index (Phi) is 4.88. The van der Waals surface area contributed by atoms with Crippen LogP contribution in [0.2, 0.25) is 0 Å². The quantitative estimate of drug-likeness (QED) is 0.748. The van der Waals surface area contributed by atoms with Crippen LogP contribution in [0.4, 0.5) is 0 Å². The maximum atomic E-state index is 6.01. The molecular weight excluding hydrogens is 302 g/mol. The molecule has 0 aromatic carbocycles. The van der Waals surface area contributed by atoms with Crippen molar-refractivity contribution in [3.63, 3.8) is 0 Å². The van der Waals surface area contributed by atoms with Gasteiger partial charge in [-0.1, -0.05) is 35.9 Å². The molecule has 0 bridgehead atoms. The molecule has 2 atom stereocenters. The van der Waals surface area contributed by atoms with Gasteiger partial charge in [-0.15, -0.1) is 10.2 Å². The van der Waals surface area contributed by atoms with Gasteiger partial charge in [0.2, 0.25) is 0 Å². The van der Waals surface area contributed by atoms with Crippen LogP contribution in [0.3, 0.4) is 0 Å². The number of rotatable bonds is 6. The maximum Gasteiger partial charge on any atom is 0.174 e. The van der Waals surface area contributed by atoms with Crippen molar-refractivity contribution in [1.82, 2.24) is 15.1 Å². The van der Waals surface area contributed by atoms with Crippen molar-refractivity contribution in [3.05, 3.63) is 5.01 Å². The van der Waals surface area contributed by atoms with Gasteiger partial charge in [-0.05, 0) is 39.5 Å². The molecule has 0 aliphatic heterocycles. The van der Waals surface area contributed by atoms with Crippen molar-refractivity contribution < 1.29 is 4.74 Å². The SMILES string of the molecule is CCO[C@H]1C[C@@H](N(C)Cc2nnc(SC)s2)C12CCCC2. The summed E-state index contributed by atoms with van der Waals surface area (Å²) in [4.78, 5) is 2.49. The zero-order chi connectivity index (χ0) is 14.9. The Balaban J connectivity index is 1.65. The summed E-state index contributed by atoms with van der Waals surface area (Å²) in [5, 5.41) is 9.65. The number of aromatic nitrogens is 2. The third-order valence-electron chi connectivity index (χ3n) is 5.18. The number of ether oxygens (including phenoxy) is 1. The van der Waals surface area contributed by atoms with Gasteiger partial charge >= 0.3 is 0 Å². The van der Waals surface area contributed by atoms with Crippen molar-refractivity contribution in [2.45, 2.75) is 62.1 Å². The van der Waals surface area contributed by atoms with E-state index >= 15 is 0 Å². The van der Waals surface area contributed by atoms with Crippen molar-refractivity contribution in [2.24, 2.45) is 5.41 Å². The molecular formula is C15H25N3OS2. The average Bonchev–Trinajstić information content (AvgIpc) is 3.12. The van der Waals surface area contributed by atoms with E-state index in [4.69, 9.17) is 4.74 Å². The molecule has 2 aliphatic carbocycles. The van der Waals surface area contributed by atoms with Crippen LogP contribution in [0.25, 0.3) is 0 Å². The first-order valence-corrected chi connectivity index (χ1v) is 9.92. The van der Waals surface area contributed by atoms with Crippen LogP contribution in [-0.2, 0) is 11.3 Å². The first kappa shape index (κ1) is 15.7. The Hall–Kier alpha value is -0.170. The van der Waals surface area contributed by atoms with E-state index in [-0.39, 0.29) is 0 Å². The highest BCUT2D eigenvalue weighted by Crippen LogP contribution is 2.56. The van der Waals surface area contributed by atoms with Crippen LogP contribution in [0, 0.1) is 5.41 Å². The van der Waals surface area contributed by atoms with Gasteiger partial charge in [-0.25, -0.2) is 0 Å².